The van der Waals surface area contributed by atoms with Gasteiger partial charge in [0.05, 0.1) is 19.4 Å². The number of aromatic nitrogens is 1. The Bertz CT molecular complexity index is 372. The Morgan fingerprint density at radius 3 is 2.74 bits per heavy atom. The maximum atomic E-state index is 5.23. The van der Waals surface area contributed by atoms with Crippen LogP contribution in [0.5, 0.6) is 5.75 Å². The van der Waals surface area contributed by atoms with Crippen molar-refractivity contribution in [3.63, 3.8) is 0 Å². The van der Waals surface area contributed by atoms with Crippen LogP contribution in [-0.2, 0) is 11.3 Å². The molecule has 108 valence electrons. The van der Waals surface area contributed by atoms with Crippen LogP contribution in [0.25, 0.3) is 0 Å². The predicted octanol–water partition coefficient (Wildman–Crippen LogP) is 1.07. The molecule has 5 heteroatoms. The van der Waals surface area contributed by atoms with E-state index >= 15 is 0 Å². The summed E-state index contributed by atoms with van der Waals surface area (Å²) in [7, 11) is 5.49. The third-order valence-corrected chi connectivity index (χ3v) is 2.87. The van der Waals surface area contributed by atoms with E-state index in [1.165, 1.54) is 0 Å². The first-order valence-corrected chi connectivity index (χ1v) is 6.55. The zero-order valence-electron chi connectivity index (χ0n) is 12.4. The Hall–Kier alpha value is -1.17. The largest absolute Gasteiger partial charge is 0.497 e. The van der Waals surface area contributed by atoms with Crippen LogP contribution in [-0.4, -0.2) is 57.4 Å². The minimum absolute atomic E-state index is 0.760. The Morgan fingerprint density at radius 2 is 2.05 bits per heavy atom. The second kappa shape index (κ2) is 8.85. The summed E-state index contributed by atoms with van der Waals surface area (Å²) in [6, 6.07) is 3.90. The number of rotatable bonds is 9. The molecule has 5 nitrogen and oxygen atoms in total. The highest BCUT2D eigenvalue weighted by Gasteiger charge is 2.01. The molecule has 19 heavy (non-hydrogen) atoms. The number of likely N-dealkylation sites (N-methyl/N-ethyl adjacent to an activating group) is 1. The summed E-state index contributed by atoms with van der Waals surface area (Å²) in [6.45, 7) is 6.38. The molecule has 0 unspecified atom stereocenters. The number of hydrogen-bond donors (Lipinski definition) is 1. The van der Waals surface area contributed by atoms with Crippen LogP contribution in [0, 0.1) is 6.92 Å². The molecule has 0 amide bonds. The van der Waals surface area contributed by atoms with E-state index in [2.05, 4.69) is 22.2 Å². The Morgan fingerprint density at radius 1 is 1.26 bits per heavy atom. The van der Waals surface area contributed by atoms with Crippen LogP contribution >= 0.6 is 0 Å². The van der Waals surface area contributed by atoms with Crippen molar-refractivity contribution in [1.29, 1.82) is 0 Å². The Labute approximate surface area is 115 Å². The molecular formula is C14H25N3O2. The molecule has 1 aromatic rings. The van der Waals surface area contributed by atoms with Crippen LogP contribution in [0.3, 0.4) is 0 Å². The fraction of sp³-hybridized carbons (Fsp3) is 0.643. The Kier molecular flexibility index (Phi) is 7.40. The standard InChI is InChI=1S/C14H25N3O2/c1-12-9-14(19-4)10-13(16-12)11-15-5-6-17(2)7-8-18-3/h9-10,15H,5-8,11H2,1-4H3. The first kappa shape index (κ1) is 15.9. The Balaban J connectivity index is 2.27. The zero-order valence-corrected chi connectivity index (χ0v) is 12.4. The lowest BCUT2D eigenvalue weighted by Crippen LogP contribution is -2.31. The maximum Gasteiger partial charge on any atom is 0.122 e. The fourth-order valence-corrected chi connectivity index (χ4v) is 1.76. The third-order valence-electron chi connectivity index (χ3n) is 2.87. The average molecular weight is 267 g/mol. The summed E-state index contributed by atoms with van der Waals surface area (Å²) in [6.07, 6.45) is 0. The first-order chi connectivity index (χ1) is 9.15. The van der Waals surface area contributed by atoms with E-state index in [-0.39, 0.29) is 0 Å². The SMILES string of the molecule is COCCN(C)CCNCc1cc(OC)cc(C)n1. The van der Waals surface area contributed by atoms with Crippen molar-refractivity contribution in [2.45, 2.75) is 13.5 Å². The van der Waals surface area contributed by atoms with Crippen molar-refractivity contribution in [1.82, 2.24) is 15.2 Å². The van der Waals surface area contributed by atoms with E-state index in [0.717, 1.165) is 49.9 Å². The van der Waals surface area contributed by atoms with Gasteiger partial charge in [-0.2, -0.15) is 0 Å². The number of methoxy groups -OCH3 is 2. The predicted molar refractivity (Wildman–Crippen MR) is 76.6 cm³/mol. The first-order valence-electron chi connectivity index (χ1n) is 6.55. The second-order valence-corrected chi connectivity index (χ2v) is 4.61. The van der Waals surface area contributed by atoms with Crippen molar-refractivity contribution < 1.29 is 9.47 Å². The van der Waals surface area contributed by atoms with Crippen molar-refractivity contribution in [3.05, 3.63) is 23.5 Å². The lowest BCUT2D eigenvalue weighted by Gasteiger charge is -2.16. The highest BCUT2D eigenvalue weighted by atomic mass is 16.5. The molecule has 0 atom stereocenters. The normalized spacial score (nSPS) is 11.0. The van der Waals surface area contributed by atoms with Gasteiger partial charge in [-0.1, -0.05) is 0 Å². The average Bonchev–Trinajstić information content (AvgIpc) is 2.40. The van der Waals surface area contributed by atoms with Gasteiger partial charge in [0.2, 0.25) is 0 Å². The molecule has 1 aromatic heterocycles. The minimum atomic E-state index is 0.760. The van der Waals surface area contributed by atoms with Gasteiger partial charge in [0.25, 0.3) is 0 Å². The van der Waals surface area contributed by atoms with Gasteiger partial charge in [-0.05, 0) is 14.0 Å². The van der Waals surface area contributed by atoms with Gasteiger partial charge in [0.15, 0.2) is 0 Å². The molecule has 0 spiro atoms. The van der Waals surface area contributed by atoms with Crippen molar-refractivity contribution in [2.75, 3.05) is 47.5 Å². The van der Waals surface area contributed by atoms with Crippen molar-refractivity contribution in [3.8, 4) is 5.75 Å². The molecule has 0 aliphatic heterocycles. The molecule has 1 N–H and O–H groups in total. The number of nitrogens with zero attached hydrogens (tertiary/aromatic N) is 2. The summed E-state index contributed by atoms with van der Waals surface area (Å²) in [5.41, 5.74) is 1.99. The molecule has 0 aliphatic rings. The molecule has 1 rings (SSSR count). The summed E-state index contributed by atoms with van der Waals surface area (Å²) < 4.78 is 10.3. The number of ether oxygens (including phenoxy) is 2. The van der Waals surface area contributed by atoms with E-state index in [1.54, 1.807) is 14.2 Å². The molecule has 0 aliphatic carbocycles. The molecular weight excluding hydrogens is 242 g/mol. The highest BCUT2D eigenvalue weighted by molar-refractivity contribution is 5.26. The van der Waals surface area contributed by atoms with E-state index in [9.17, 15) is 0 Å². The lowest BCUT2D eigenvalue weighted by atomic mass is 10.3. The monoisotopic (exact) mass is 267 g/mol. The smallest absolute Gasteiger partial charge is 0.122 e. The van der Waals surface area contributed by atoms with Gasteiger partial charge in [-0.3, -0.25) is 4.98 Å². The van der Waals surface area contributed by atoms with Gasteiger partial charge in [-0.25, -0.2) is 0 Å². The van der Waals surface area contributed by atoms with E-state index < -0.39 is 0 Å². The molecule has 0 radical (unpaired) electrons. The van der Waals surface area contributed by atoms with E-state index in [0.29, 0.717) is 0 Å². The maximum absolute atomic E-state index is 5.23. The quantitative estimate of drug-likeness (QED) is 0.678. The number of aryl methyl sites for hydroxylation is 1. The summed E-state index contributed by atoms with van der Waals surface area (Å²) in [5, 5.41) is 3.39. The van der Waals surface area contributed by atoms with Crippen LogP contribution in [0.4, 0.5) is 0 Å². The second-order valence-electron chi connectivity index (χ2n) is 4.61. The van der Waals surface area contributed by atoms with Gasteiger partial charge >= 0.3 is 0 Å². The summed E-state index contributed by atoms with van der Waals surface area (Å²) in [4.78, 5) is 6.71. The van der Waals surface area contributed by atoms with Crippen molar-refractivity contribution in [2.24, 2.45) is 0 Å². The van der Waals surface area contributed by atoms with Crippen LogP contribution in [0.1, 0.15) is 11.4 Å². The summed E-state index contributed by atoms with van der Waals surface area (Å²) in [5.74, 6) is 0.863. The molecule has 0 bridgehead atoms. The minimum Gasteiger partial charge on any atom is -0.497 e. The molecule has 0 fully saturated rings. The van der Waals surface area contributed by atoms with Gasteiger partial charge < -0.3 is 19.7 Å². The van der Waals surface area contributed by atoms with Gasteiger partial charge in [-0.15, -0.1) is 0 Å². The molecule has 0 saturated heterocycles. The van der Waals surface area contributed by atoms with E-state index in [1.807, 2.05) is 19.1 Å². The summed E-state index contributed by atoms with van der Waals surface area (Å²) >= 11 is 0. The number of pyridine rings is 1. The number of nitrogens with one attached hydrogen (secondary N) is 1. The third kappa shape index (κ3) is 6.52. The molecule has 0 aromatic carbocycles. The fourth-order valence-electron chi connectivity index (χ4n) is 1.76. The van der Waals surface area contributed by atoms with E-state index in [4.69, 9.17) is 9.47 Å². The molecule has 0 saturated carbocycles. The van der Waals surface area contributed by atoms with Crippen LogP contribution in [0.15, 0.2) is 12.1 Å². The van der Waals surface area contributed by atoms with Crippen LogP contribution in [0.2, 0.25) is 0 Å². The van der Waals surface area contributed by atoms with Gasteiger partial charge in [0.1, 0.15) is 5.75 Å². The van der Waals surface area contributed by atoms with Crippen molar-refractivity contribution >= 4 is 0 Å². The van der Waals surface area contributed by atoms with Crippen LogP contribution < -0.4 is 10.1 Å². The lowest BCUT2D eigenvalue weighted by molar-refractivity contribution is 0.161. The highest BCUT2D eigenvalue weighted by Crippen LogP contribution is 2.12. The topological polar surface area (TPSA) is 46.6 Å². The molecule has 1 heterocycles. The van der Waals surface area contributed by atoms with Gasteiger partial charge in [0, 0.05) is 51.1 Å². The number of hydrogen-bond acceptors (Lipinski definition) is 5. The zero-order chi connectivity index (χ0) is 14.1.